The van der Waals surface area contributed by atoms with Crippen LogP contribution in [0.25, 0.3) is 0 Å². The summed E-state index contributed by atoms with van der Waals surface area (Å²) in [6.45, 7) is 0.419. The smallest absolute Gasteiger partial charge is 0.311 e. The number of carbonyl (C=O) groups excluding carboxylic acids is 2. The minimum absolute atomic E-state index is 0.00966. The van der Waals surface area contributed by atoms with Gasteiger partial charge in [0.25, 0.3) is 5.91 Å². The molecule has 2 aromatic rings. The number of hydrazone groups is 1. The number of amides is 1. The summed E-state index contributed by atoms with van der Waals surface area (Å²) in [5.41, 5.74) is 1.93. The van der Waals surface area contributed by atoms with Crippen molar-refractivity contribution in [2.24, 2.45) is 5.10 Å². The molecule has 156 valence electrons. The molecule has 1 N–H and O–H groups in total. The van der Waals surface area contributed by atoms with E-state index in [4.69, 9.17) is 27.9 Å². The second kappa shape index (κ2) is 9.73. The van der Waals surface area contributed by atoms with Crippen LogP contribution in [-0.4, -0.2) is 30.6 Å². The lowest BCUT2D eigenvalue weighted by molar-refractivity contribution is -0.139. The van der Waals surface area contributed by atoms with Crippen molar-refractivity contribution in [1.29, 1.82) is 0 Å². The second-order valence-electron chi connectivity index (χ2n) is 6.34. The fourth-order valence-electron chi connectivity index (χ4n) is 2.90. The molecule has 2 aromatic carbocycles. The molecule has 0 bridgehead atoms. The number of nitrogens with zero attached hydrogens (tertiary/aromatic N) is 2. The molecule has 0 radical (unpaired) electrons. The molecular formula is C21H18Cl2FN3O3. The number of hydrogen-bond donors (Lipinski definition) is 1. The van der Waals surface area contributed by atoms with Crippen molar-refractivity contribution in [2.45, 2.75) is 13.0 Å². The Kier molecular flexibility index (Phi) is 7.07. The second-order valence-corrected chi connectivity index (χ2v) is 7.01. The van der Waals surface area contributed by atoms with E-state index in [1.165, 1.54) is 19.2 Å². The predicted octanol–water partition coefficient (Wildman–Crippen LogP) is 4.03. The third-order valence-electron chi connectivity index (χ3n) is 4.38. The number of esters is 1. The molecule has 30 heavy (non-hydrogen) atoms. The van der Waals surface area contributed by atoms with Crippen molar-refractivity contribution in [3.05, 3.63) is 76.2 Å². The summed E-state index contributed by atoms with van der Waals surface area (Å²) in [4.78, 5) is 25.1. The zero-order valence-electron chi connectivity index (χ0n) is 16.0. The lowest BCUT2D eigenvalue weighted by Crippen LogP contribution is -2.27. The molecular weight excluding hydrogens is 432 g/mol. The van der Waals surface area contributed by atoms with Crippen LogP contribution in [0, 0.1) is 5.82 Å². The van der Waals surface area contributed by atoms with Gasteiger partial charge in [-0.25, -0.2) is 4.39 Å². The van der Waals surface area contributed by atoms with Gasteiger partial charge < -0.3 is 10.1 Å². The van der Waals surface area contributed by atoms with E-state index >= 15 is 0 Å². The number of carbonyl (C=O) groups is 2. The zero-order chi connectivity index (χ0) is 21.7. The Bertz CT molecular complexity index is 1030. The fourth-order valence-corrected chi connectivity index (χ4v) is 3.38. The maximum atomic E-state index is 13.4. The third kappa shape index (κ3) is 4.80. The van der Waals surface area contributed by atoms with E-state index in [9.17, 15) is 14.0 Å². The SMILES string of the molecule is COC(=O)CC1=NN(c2ccc(F)cc2Cl)C(=O)/C1=C(/CCl)NCc1ccccc1. The average molecular weight is 450 g/mol. The van der Waals surface area contributed by atoms with Crippen LogP contribution in [0.2, 0.25) is 5.02 Å². The molecule has 0 unspecified atom stereocenters. The largest absolute Gasteiger partial charge is 0.469 e. The molecule has 0 atom stereocenters. The molecule has 1 amide bonds. The van der Waals surface area contributed by atoms with Crippen molar-refractivity contribution in [2.75, 3.05) is 18.0 Å². The molecule has 0 aromatic heterocycles. The van der Waals surface area contributed by atoms with Gasteiger partial charge in [0.05, 0.1) is 41.4 Å². The van der Waals surface area contributed by atoms with E-state index in [-0.39, 0.29) is 34.3 Å². The van der Waals surface area contributed by atoms with Crippen LogP contribution in [0.5, 0.6) is 0 Å². The molecule has 9 heteroatoms. The summed E-state index contributed by atoms with van der Waals surface area (Å²) in [7, 11) is 1.24. The van der Waals surface area contributed by atoms with Gasteiger partial charge in [0.2, 0.25) is 0 Å². The van der Waals surface area contributed by atoms with Gasteiger partial charge in [-0.15, -0.1) is 11.6 Å². The van der Waals surface area contributed by atoms with Crippen molar-refractivity contribution in [1.82, 2.24) is 5.32 Å². The maximum absolute atomic E-state index is 13.4. The Balaban J connectivity index is 1.99. The van der Waals surface area contributed by atoms with Crippen molar-refractivity contribution in [3.8, 4) is 0 Å². The number of rotatable bonds is 7. The minimum Gasteiger partial charge on any atom is -0.469 e. The monoisotopic (exact) mass is 449 g/mol. The number of nitrogens with one attached hydrogen (secondary N) is 1. The highest BCUT2D eigenvalue weighted by Crippen LogP contribution is 2.32. The molecule has 1 aliphatic rings. The van der Waals surface area contributed by atoms with E-state index < -0.39 is 17.7 Å². The fraction of sp³-hybridized carbons (Fsp3) is 0.190. The highest BCUT2D eigenvalue weighted by atomic mass is 35.5. The topological polar surface area (TPSA) is 71.0 Å². The van der Waals surface area contributed by atoms with Crippen LogP contribution in [0.3, 0.4) is 0 Å². The number of methoxy groups -OCH3 is 1. The average Bonchev–Trinajstić information content (AvgIpc) is 3.05. The van der Waals surface area contributed by atoms with E-state index in [1.54, 1.807) is 0 Å². The maximum Gasteiger partial charge on any atom is 0.311 e. The Labute approximate surface area is 182 Å². The summed E-state index contributed by atoms with van der Waals surface area (Å²) < 4.78 is 18.1. The number of halogens is 3. The van der Waals surface area contributed by atoms with Gasteiger partial charge in [0, 0.05) is 12.2 Å². The Morgan fingerprint density at radius 2 is 1.97 bits per heavy atom. The number of allylic oxidation sites excluding steroid dienone is 1. The molecule has 0 aliphatic carbocycles. The van der Waals surface area contributed by atoms with E-state index in [0.717, 1.165) is 16.6 Å². The molecule has 0 saturated carbocycles. The van der Waals surface area contributed by atoms with Crippen LogP contribution in [-0.2, 0) is 20.9 Å². The molecule has 1 aliphatic heterocycles. The lowest BCUT2D eigenvalue weighted by atomic mass is 10.1. The highest BCUT2D eigenvalue weighted by molar-refractivity contribution is 6.37. The normalized spacial score (nSPS) is 15.1. The quantitative estimate of drug-likeness (QED) is 0.393. The van der Waals surface area contributed by atoms with Crippen molar-refractivity contribution < 1.29 is 18.7 Å². The van der Waals surface area contributed by atoms with Gasteiger partial charge in [-0.2, -0.15) is 10.1 Å². The number of anilines is 1. The first-order valence-corrected chi connectivity index (χ1v) is 9.87. The molecule has 0 spiro atoms. The first-order chi connectivity index (χ1) is 14.4. The standard InChI is InChI=1S/C21H18Cl2FN3O3/c1-30-19(28)10-16-20(17(11-22)25-12-13-5-3-2-4-6-13)21(29)27(26-16)18-8-7-14(24)9-15(18)23/h2-9,25H,10-12H2,1H3/b20-17-. The third-order valence-corrected chi connectivity index (χ3v) is 4.95. The van der Waals surface area contributed by atoms with Crippen LogP contribution in [0.4, 0.5) is 10.1 Å². The van der Waals surface area contributed by atoms with Gasteiger partial charge in [0.1, 0.15) is 5.82 Å². The molecule has 0 fully saturated rings. The van der Waals surface area contributed by atoms with E-state index in [1.807, 2.05) is 30.3 Å². The van der Waals surface area contributed by atoms with Gasteiger partial charge >= 0.3 is 5.97 Å². The van der Waals surface area contributed by atoms with Crippen LogP contribution >= 0.6 is 23.2 Å². The Morgan fingerprint density at radius 1 is 1.23 bits per heavy atom. The van der Waals surface area contributed by atoms with Crippen molar-refractivity contribution in [3.63, 3.8) is 0 Å². The summed E-state index contributed by atoms with van der Waals surface area (Å²) >= 11 is 12.2. The van der Waals surface area contributed by atoms with Crippen LogP contribution < -0.4 is 10.3 Å². The van der Waals surface area contributed by atoms with E-state index in [2.05, 4.69) is 10.4 Å². The number of hydrogen-bond acceptors (Lipinski definition) is 5. The van der Waals surface area contributed by atoms with Gasteiger partial charge in [-0.1, -0.05) is 41.9 Å². The lowest BCUT2D eigenvalue weighted by Gasteiger charge is -2.15. The first-order valence-electron chi connectivity index (χ1n) is 8.95. The molecule has 6 nitrogen and oxygen atoms in total. The molecule has 3 rings (SSSR count). The molecule has 0 saturated heterocycles. The van der Waals surface area contributed by atoms with Crippen molar-refractivity contribution >= 4 is 46.5 Å². The Morgan fingerprint density at radius 3 is 2.60 bits per heavy atom. The number of ether oxygens (including phenoxy) is 1. The van der Waals surface area contributed by atoms with Gasteiger partial charge in [0.15, 0.2) is 0 Å². The summed E-state index contributed by atoms with van der Waals surface area (Å²) in [6, 6.07) is 13.1. The van der Waals surface area contributed by atoms with Gasteiger partial charge in [-0.3, -0.25) is 9.59 Å². The zero-order valence-corrected chi connectivity index (χ0v) is 17.5. The predicted molar refractivity (Wildman–Crippen MR) is 114 cm³/mol. The Hall–Kier alpha value is -2.90. The number of alkyl halides is 1. The van der Waals surface area contributed by atoms with E-state index in [0.29, 0.717) is 12.2 Å². The summed E-state index contributed by atoms with van der Waals surface area (Å²) in [5, 5.41) is 8.45. The summed E-state index contributed by atoms with van der Waals surface area (Å²) in [5.74, 6) is -1.66. The highest BCUT2D eigenvalue weighted by Gasteiger charge is 2.35. The van der Waals surface area contributed by atoms with Crippen LogP contribution in [0.1, 0.15) is 12.0 Å². The molecule has 1 heterocycles. The first kappa shape index (κ1) is 21.8. The van der Waals surface area contributed by atoms with Gasteiger partial charge in [-0.05, 0) is 23.8 Å². The minimum atomic E-state index is -0.567. The number of benzene rings is 2. The summed E-state index contributed by atoms with van der Waals surface area (Å²) in [6.07, 6.45) is -0.236. The van der Waals surface area contributed by atoms with Crippen LogP contribution in [0.15, 0.2) is 64.9 Å².